The van der Waals surface area contributed by atoms with Crippen LogP contribution in [0.15, 0.2) is 67.2 Å². The highest BCUT2D eigenvalue weighted by molar-refractivity contribution is 6.29. The minimum atomic E-state index is -0.704. The summed E-state index contributed by atoms with van der Waals surface area (Å²) in [6.07, 6.45) is 1.66. The smallest absolute Gasteiger partial charge is 0.439 e. The van der Waals surface area contributed by atoms with Crippen LogP contribution in [0.2, 0.25) is 5.15 Å². The van der Waals surface area contributed by atoms with E-state index in [1.54, 1.807) is 37.4 Å². The molecule has 2 N–H and O–H groups in total. The number of hydrogen-bond acceptors (Lipinski definition) is 8. The van der Waals surface area contributed by atoms with Crippen LogP contribution in [-0.2, 0) is 0 Å². The number of anilines is 1. The maximum absolute atomic E-state index is 13.3. The molecule has 0 aliphatic heterocycles. The van der Waals surface area contributed by atoms with E-state index in [0.717, 1.165) is 11.1 Å². The fourth-order valence-electron chi connectivity index (χ4n) is 4.01. The van der Waals surface area contributed by atoms with Crippen molar-refractivity contribution in [2.24, 2.45) is 0 Å². The van der Waals surface area contributed by atoms with E-state index >= 15 is 0 Å². The molecule has 0 aliphatic carbocycles. The van der Waals surface area contributed by atoms with Gasteiger partial charge in [0.1, 0.15) is 22.1 Å². The van der Waals surface area contributed by atoms with E-state index < -0.39 is 5.76 Å². The Morgan fingerprint density at radius 3 is 2.54 bits per heavy atom. The average molecular weight is 520 g/mol. The van der Waals surface area contributed by atoms with Crippen molar-refractivity contribution in [1.82, 2.24) is 20.1 Å². The van der Waals surface area contributed by atoms with Crippen molar-refractivity contribution in [3.63, 3.8) is 0 Å². The lowest BCUT2D eigenvalue weighted by Crippen LogP contribution is -2.13. The number of fused-ring (bicyclic) bond motifs is 1. The van der Waals surface area contributed by atoms with Gasteiger partial charge < -0.3 is 9.73 Å². The average Bonchev–Trinajstić information content (AvgIpc) is 3.34. The molecule has 0 amide bonds. The van der Waals surface area contributed by atoms with Crippen LogP contribution in [0.5, 0.6) is 0 Å². The van der Waals surface area contributed by atoms with E-state index in [-0.39, 0.29) is 22.4 Å². The summed E-state index contributed by atoms with van der Waals surface area (Å²) in [5.74, 6) is -0.139. The highest BCUT2D eigenvalue weighted by Gasteiger charge is 2.21. The molecule has 4 aromatic heterocycles. The maximum Gasteiger partial charge on any atom is 0.439 e. The van der Waals surface area contributed by atoms with Crippen molar-refractivity contribution in [2.45, 2.75) is 40.7 Å². The van der Waals surface area contributed by atoms with Crippen LogP contribution in [0, 0.1) is 13.8 Å². The summed E-state index contributed by atoms with van der Waals surface area (Å²) in [6.45, 7) is 9.59. The third-order valence-electron chi connectivity index (χ3n) is 5.65. The second kappa shape index (κ2) is 10.8. The van der Waals surface area contributed by atoms with Crippen molar-refractivity contribution < 1.29 is 8.94 Å². The van der Waals surface area contributed by atoms with E-state index in [1.807, 2.05) is 45.9 Å². The summed E-state index contributed by atoms with van der Waals surface area (Å²) in [5, 5.41) is 7.81. The monoisotopic (exact) mass is 519 g/mol. The number of aromatic amines is 1. The first-order chi connectivity index (χ1) is 17.8. The number of aryl methyl sites for hydroxylation is 1. The van der Waals surface area contributed by atoms with Crippen LogP contribution in [-0.4, -0.2) is 20.1 Å². The molecule has 0 bridgehead atoms. The van der Waals surface area contributed by atoms with Gasteiger partial charge >= 0.3 is 5.76 Å². The lowest BCUT2D eigenvalue weighted by molar-refractivity contribution is 0.388. The molecule has 1 unspecified atom stereocenters. The number of H-pyrrole nitrogens is 1. The standard InChI is InChI=1S/C25H20ClN5O4.C2H6/c1-12-10-15(14(3)28-17-7-8-19(26)29-20(17)24-30-25(33)35-31-24)23-16(11-12)21(32)13(2)22(34-23)18-6-4-5-9-27-18;1-2/h4-11,14,28H,1-3H3,(H,30,31,33);1-2H3. The first kappa shape index (κ1) is 25.8. The SMILES string of the molecule is CC.Cc1cc(C(C)Nc2ccc(Cl)nc2-c2noc(=O)[nH]2)c2oc(-c3ccccn3)c(C)c(=O)c2c1. The number of halogens is 1. The van der Waals surface area contributed by atoms with Crippen LogP contribution in [0.3, 0.4) is 0 Å². The molecule has 37 heavy (non-hydrogen) atoms. The summed E-state index contributed by atoms with van der Waals surface area (Å²) in [5.41, 5.74) is 3.97. The van der Waals surface area contributed by atoms with Gasteiger partial charge in [-0.2, -0.15) is 0 Å². The first-order valence-corrected chi connectivity index (χ1v) is 12.2. The Kier molecular flexibility index (Phi) is 7.54. The summed E-state index contributed by atoms with van der Waals surface area (Å²) in [6, 6.07) is 12.2. The van der Waals surface area contributed by atoms with Crippen molar-refractivity contribution in [3.8, 4) is 23.0 Å². The molecule has 1 aromatic carbocycles. The van der Waals surface area contributed by atoms with E-state index in [1.165, 1.54) is 0 Å². The Morgan fingerprint density at radius 1 is 1.08 bits per heavy atom. The van der Waals surface area contributed by atoms with Crippen molar-refractivity contribution in [1.29, 1.82) is 0 Å². The number of aromatic nitrogens is 4. The third-order valence-corrected chi connectivity index (χ3v) is 5.86. The van der Waals surface area contributed by atoms with E-state index in [4.69, 9.17) is 16.0 Å². The number of nitrogens with one attached hydrogen (secondary N) is 2. The number of hydrogen-bond donors (Lipinski definition) is 2. The van der Waals surface area contributed by atoms with E-state index in [9.17, 15) is 9.59 Å². The lowest BCUT2D eigenvalue weighted by Gasteiger charge is -2.19. The molecule has 10 heteroatoms. The first-order valence-electron chi connectivity index (χ1n) is 11.8. The summed E-state index contributed by atoms with van der Waals surface area (Å²) >= 11 is 6.09. The van der Waals surface area contributed by atoms with Gasteiger partial charge in [-0.1, -0.05) is 42.7 Å². The molecular weight excluding hydrogens is 494 g/mol. The molecule has 0 aliphatic rings. The van der Waals surface area contributed by atoms with Crippen LogP contribution < -0.4 is 16.5 Å². The van der Waals surface area contributed by atoms with E-state index in [0.29, 0.717) is 39.4 Å². The molecule has 1 atom stereocenters. The van der Waals surface area contributed by atoms with Gasteiger partial charge in [0.15, 0.2) is 11.2 Å². The molecule has 0 radical (unpaired) electrons. The lowest BCUT2D eigenvalue weighted by atomic mass is 9.99. The molecule has 0 spiro atoms. The second-order valence-electron chi connectivity index (χ2n) is 8.17. The predicted octanol–water partition coefficient (Wildman–Crippen LogP) is 6.06. The summed E-state index contributed by atoms with van der Waals surface area (Å²) in [4.78, 5) is 35.9. The van der Waals surface area contributed by atoms with Crippen molar-refractivity contribution in [3.05, 3.63) is 91.3 Å². The molecule has 4 heterocycles. The van der Waals surface area contributed by atoms with Crippen LogP contribution in [0.25, 0.3) is 33.9 Å². The van der Waals surface area contributed by atoms with Gasteiger partial charge in [0, 0.05) is 17.3 Å². The van der Waals surface area contributed by atoms with Crippen LogP contribution in [0.4, 0.5) is 5.69 Å². The number of rotatable bonds is 5. The zero-order valence-corrected chi connectivity index (χ0v) is 21.8. The van der Waals surface area contributed by atoms with Crippen LogP contribution in [0.1, 0.15) is 43.5 Å². The third kappa shape index (κ3) is 5.17. The van der Waals surface area contributed by atoms with Gasteiger partial charge in [-0.3, -0.25) is 19.3 Å². The van der Waals surface area contributed by atoms with E-state index in [2.05, 4.69) is 29.9 Å². The fraction of sp³-hybridized carbons (Fsp3) is 0.222. The number of nitrogens with zero attached hydrogens (tertiary/aromatic N) is 3. The Morgan fingerprint density at radius 2 is 1.86 bits per heavy atom. The van der Waals surface area contributed by atoms with Gasteiger partial charge in [-0.15, -0.1) is 0 Å². The highest BCUT2D eigenvalue weighted by Crippen LogP contribution is 2.33. The van der Waals surface area contributed by atoms with Crippen LogP contribution >= 0.6 is 11.6 Å². The van der Waals surface area contributed by atoms with Gasteiger partial charge in [0.05, 0.1) is 17.1 Å². The summed E-state index contributed by atoms with van der Waals surface area (Å²) < 4.78 is 11.0. The highest BCUT2D eigenvalue weighted by atomic mass is 35.5. The molecule has 0 fully saturated rings. The molecule has 190 valence electrons. The zero-order valence-electron chi connectivity index (χ0n) is 21.0. The molecule has 0 saturated heterocycles. The minimum Gasteiger partial charge on any atom is -0.454 e. The number of benzene rings is 1. The molecule has 0 saturated carbocycles. The van der Waals surface area contributed by atoms with Crippen molar-refractivity contribution >= 4 is 28.3 Å². The zero-order chi connectivity index (χ0) is 26.7. The predicted molar refractivity (Wildman–Crippen MR) is 144 cm³/mol. The van der Waals surface area contributed by atoms with Gasteiger partial charge in [0.2, 0.25) is 5.82 Å². The largest absolute Gasteiger partial charge is 0.454 e. The molecule has 9 nitrogen and oxygen atoms in total. The fourth-order valence-corrected chi connectivity index (χ4v) is 4.15. The Bertz CT molecular complexity index is 1670. The maximum atomic E-state index is 13.3. The van der Waals surface area contributed by atoms with Gasteiger partial charge in [0.25, 0.3) is 0 Å². The molecular formula is C27H26ClN5O4. The quantitative estimate of drug-likeness (QED) is 0.268. The minimum absolute atomic E-state index is 0.113. The molecule has 5 aromatic rings. The Hall–Kier alpha value is -4.24. The summed E-state index contributed by atoms with van der Waals surface area (Å²) in [7, 11) is 0. The normalized spacial score (nSPS) is 11.6. The second-order valence-corrected chi connectivity index (χ2v) is 8.56. The number of pyridine rings is 2. The Balaban J connectivity index is 0.00000156. The Labute approximate surface area is 217 Å². The van der Waals surface area contributed by atoms with Gasteiger partial charge in [-0.05, 0) is 56.7 Å². The van der Waals surface area contributed by atoms with Crippen molar-refractivity contribution in [2.75, 3.05) is 5.32 Å². The topological polar surface area (TPSA) is 127 Å². The van der Waals surface area contributed by atoms with Gasteiger partial charge in [-0.25, -0.2) is 9.78 Å². The molecule has 5 rings (SSSR count).